The second-order valence-corrected chi connectivity index (χ2v) is 6.86. The zero-order chi connectivity index (χ0) is 17.5. The van der Waals surface area contributed by atoms with Gasteiger partial charge in [-0.1, -0.05) is 32.9 Å². The van der Waals surface area contributed by atoms with Gasteiger partial charge in [-0.2, -0.15) is 0 Å². The highest BCUT2D eigenvalue weighted by Gasteiger charge is 2.16. The van der Waals surface area contributed by atoms with Gasteiger partial charge in [0.05, 0.1) is 13.0 Å². The molecule has 0 heterocycles. The first-order valence-electron chi connectivity index (χ1n) is 8.02. The summed E-state index contributed by atoms with van der Waals surface area (Å²) in [5, 5.41) is 11.8. The highest BCUT2D eigenvalue weighted by molar-refractivity contribution is 5.91. The maximum absolute atomic E-state index is 12.1. The second-order valence-electron chi connectivity index (χ2n) is 6.86. The molecule has 0 aliphatic heterocycles. The molecule has 0 unspecified atom stereocenters. The molecule has 1 aromatic rings. The van der Waals surface area contributed by atoms with Crippen LogP contribution in [-0.4, -0.2) is 41.5 Å². The van der Waals surface area contributed by atoms with Crippen molar-refractivity contribution >= 4 is 17.5 Å². The molecule has 0 bridgehead atoms. The van der Waals surface area contributed by atoms with Crippen LogP contribution >= 0.6 is 0 Å². The summed E-state index contributed by atoms with van der Waals surface area (Å²) in [6, 6.07) is 7.31. The number of amides is 2. The van der Waals surface area contributed by atoms with Crippen molar-refractivity contribution in [1.82, 2.24) is 4.90 Å². The number of carbonyl (C=O) groups excluding carboxylic acids is 2. The topological polar surface area (TPSA) is 69.6 Å². The highest BCUT2D eigenvalue weighted by Crippen LogP contribution is 2.20. The van der Waals surface area contributed by atoms with E-state index in [2.05, 4.69) is 5.32 Å². The number of aliphatic hydroxyl groups excluding tert-OH is 1. The van der Waals surface area contributed by atoms with Crippen LogP contribution < -0.4 is 5.32 Å². The monoisotopic (exact) mass is 320 g/mol. The molecule has 0 spiro atoms. The van der Waals surface area contributed by atoms with Gasteiger partial charge in [-0.05, 0) is 30.0 Å². The quantitative estimate of drug-likeness (QED) is 0.811. The molecule has 5 heteroatoms. The number of nitrogens with one attached hydrogen (secondary N) is 1. The lowest BCUT2D eigenvalue weighted by Gasteiger charge is -2.19. The molecular formula is C18H28N2O3. The highest BCUT2D eigenvalue weighted by atomic mass is 16.3. The molecule has 0 aliphatic carbocycles. The fourth-order valence-corrected chi connectivity index (χ4v) is 2.26. The molecule has 0 saturated heterocycles. The summed E-state index contributed by atoms with van der Waals surface area (Å²) in [7, 11) is 0. The lowest BCUT2D eigenvalue weighted by atomic mass is 9.92. The minimum absolute atomic E-state index is 0.00827. The first-order chi connectivity index (χ1) is 10.7. The number of anilines is 1. The molecule has 0 atom stereocenters. The largest absolute Gasteiger partial charge is 0.395 e. The van der Waals surface area contributed by atoms with E-state index >= 15 is 0 Å². The van der Waals surface area contributed by atoms with Crippen LogP contribution in [0, 0.1) is 5.41 Å². The Morgan fingerprint density at radius 1 is 1.17 bits per heavy atom. The van der Waals surface area contributed by atoms with Crippen molar-refractivity contribution < 1.29 is 14.7 Å². The summed E-state index contributed by atoms with van der Waals surface area (Å²) < 4.78 is 0. The van der Waals surface area contributed by atoms with Crippen LogP contribution in [0.2, 0.25) is 0 Å². The molecule has 1 aromatic carbocycles. The van der Waals surface area contributed by atoms with Crippen LogP contribution in [0.25, 0.3) is 0 Å². The van der Waals surface area contributed by atoms with Gasteiger partial charge < -0.3 is 15.3 Å². The van der Waals surface area contributed by atoms with Crippen molar-refractivity contribution in [3.05, 3.63) is 29.8 Å². The third-order valence-electron chi connectivity index (χ3n) is 3.39. The summed E-state index contributed by atoms with van der Waals surface area (Å²) in [5.74, 6) is -0.0208. The summed E-state index contributed by atoms with van der Waals surface area (Å²) in [4.78, 5) is 25.6. The van der Waals surface area contributed by atoms with Crippen LogP contribution in [0.3, 0.4) is 0 Å². The van der Waals surface area contributed by atoms with E-state index in [1.165, 1.54) is 0 Å². The first kappa shape index (κ1) is 19.2. The Morgan fingerprint density at radius 3 is 2.26 bits per heavy atom. The first-order valence-corrected chi connectivity index (χ1v) is 8.02. The molecule has 2 N–H and O–H groups in total. The van der Waals surface area contributed by atoms with Gasteiger partial charge in [0.15, 0.2) is 0 Å². The molecule has 0 aliphatic rings. The minimum Gasteiger partial charge on any atom is -0.395 e. The van der Waals surface area contributed by atoms with Crippen LogP contribution in [0.5, 0.6) is 0 Å². The average molecular weight is 320 g/mol. The van der Waals surface area contributed by atoms with E-state index in [9.17, 15) is 9.59 Å². The Morgan fingerprint density at radius 2 is 1.78 bits per heavy atom. The van der Waals surface area contributed by atoms with Crippen LogP contribution in [0.4, 0.5) is 5.69 Å². The van der Waals surface area contributed by atoms with Crippen LogP contribution in [0.1, 0.15) is 39.7 Å². The Kier molecular flexibility index (Phi) is 7.23. The van der Waals surface area contributed by atoms with E-state index in [0.29, 0.717) is 25.9 Å². The van der Waals surface area contributed by atoms with Crippen molar-refractivity contribution in [3.63, 3.8) is 0 Å². The van der Waals surface area contributed by atoms with E-state index in [0.717, 1.165) is 11.3 Å². The lowest BCUT2D eigenvalue weighted by Crippen LogP contribution is -2.34. The lowest BCUT2D eigenvalue weighted by molar-refractivity contribution is -0.130. The Bertz CT molecular complexity index is 518. The van der Waals surface area contributed by atoms with Crippen molar-refractivity contribution in [2.75, 3.05) is 25.0 Å². The predicted molar refractivity (Wildman–Crippen MR) is 92.2 cm³/mol. The number of aliphatic hydroxyl groups is 1. The number of benzene rings is 1. The Hall–Kier alpha value is -1.88. The molecule has 0 radical (unpaired) electrons. The summed E-state index contributed by atoms with van der Waals surface area (Å²) >= 11 is 0. The molecule has 23 heavy (non-hydrogen) atoms. The van der Waals surface area contributed by atoms with Gasteiger partial charge in [0.1, 0.15) is 0 Å². The predicted octanol–water partition coefficient (Wildman–Crippen LogP) is 2.44. The summed E-state index contributed by atoms with van der Waals surface area (Å²) in [6.45, 7) is 8.86. The Labute approximate surface area is 138 Å². The summed E-state index contributed by atoms with van der Waals surface area (Å²) in [5.41, 5.74) is 1.57. The smallest absolute Gasteiger partial charge is 0.227 e. The van der Waals surface area contributed by atoms with Crippen LogP contribution in [-0.2, 0) is 16.0 Å². The number of likely N-dealkylation sites (N-methyl/N-ethyl adjacent to an activating group) is 1. The van der Waals surface area contributed by atoms with Crippen molar-refractivity contribution in [2.45, 2.75) is 40.5 Å². The molecule has 0 aromatic heterocycles. The number of nitrogens with zero attached hydrogens (tertiary/aromatic N) is 1. The maximum Gasteiger partial charge on any atom is 0.227 e. The average Bonchev–Trinajstić information content (AvgIpc) is 2.44. The van der Waals surface area contributed by atoms with Gasteiger partial charge in [-0.15, -0.1) is 0 Å². The molecule has 1 rings (SSSR count). The molecule has 2 amide bonds. The van der Waals surface area contributed by atoms with Crippen molar-refractivity contribution in [2.24, 2.45) is 5.41 Å². The van der Waals surface area contributed by atoms with Gasteiger partial charge in [0.25, 0.3) is 0 Å². The zero-order valence-corrected chi connectivity index (χ0v) is 14.6. The number of hydrogen-bond donors (Lipinski definition) is 2. The molecule has 0 saturated carbocycles. The second kappa shape index (κ2) is 8.67. The standard InChI is InChI=1S/C18H28N2O3/c1-5-20(10-11-21)17(23)12-14-6-8-15(9-7-14)19-16(22)13-18(2,3)4/h6-9,21H,5,10-13H2,1-4H3,(H,19,22). The fourth-order valence-electron chi connectivity index (χ4n) is 2.26. The minimum atomic E-state index is -0.0488. The Balaban J connectivity index is 2.59. The zero-order valence-electron chi connectivity index (χ0n) is 14.6. The van der Waals surface area contributed by atoms with Gasteiger partial charge in [-0.25, -0.2) is 0 Å². The van der Waals surface area contributed by atoms with E-state index in [-0.39, 0.29) is 23.8 Å². The van der Waals surface area contributed by atoms with E-state index < -0.39 is 0 Å². The third kappa shape index (κ3) is 7.28. The number of hydrogen-bond acceptors (Lipinski definition) is 3. The molecule has 5 nitrogen and oxygen atoms in total. The van der Waals surface area contributed by atoms with E-state index in [1.54, 1.807) is 4.90 Å². The fraction of sp³-hybridized carbons (Fsp3) is 0.556. The van der Waals surface area contributed by atoms with Gasteiger partial charge in [0, 0.05) is 25.2 Å². The van der Waals surface area contributed by atoms with Gasteiger partial charge in [0.2, 0.25) is 11.8 Å². The van der Waals surface area contributed by atoms with Gasteiger partial charge in [-0.3, -0.25) is 9.59 Å². The normalized spacial score (nSPS) is 11.2. The molecule has 128 valence electrons. The van der Waals surface area contributed by atoms with Crippen molar-refractivity contribution in [1.29, 1.82) is 0 Å². The summed E-state index contributed by atoms with van der Waals surface area (Å²) in [6.07, 6.45) is 0.754. The van der Waals surface area contributed by atoms with E-state index in [1.807, 2.05) is 52.0 Å². The molecular weight excluding hydrogens is 292 g/mol. The van der Waals surface area contributed by atoms with Gasteiger partial charge >= 0.3 is 0 Å². The third-order valence-corrected chi connectivity index (χ3v) is 3.39. The van der Waals surface area contributed by atoms with E-state index in [4.69, 9.17) is 5.11 Å². The SMILES string of the molecule is CCN(CCO)C(=O)Cc1ccc(NC(=O)CC(C)(C)C)cc1. The van der Waals surface area contributed by atoms with Crippen molar-refractivity contribution in [3.8, 4) is 0 Å². The number of rotatable bonds is 7. The molecule has 0 fully saturated rings. The maximum atomic E-state index is 12.1. The number of carbonyl (C=O) groups is 2. The van der Waals surface area contributed by atoms with Crippen LogP contribution in [0.15, 0.2) is 24.3 Å².